The van der Waals surface area contributed by atoms with Gasteiger partial charge >= 0.3 is 0 Å². The molecule has 1 saturated carbocycles. The molecule has 3 N–H and O–H groups in total. The molecule has 0 spiro atoms. The summed E-state index contributed by atoms with van der Waals surface area (Å²) in [6.07, 6.45) is 3.29. The highest BCUT2D eigenvalue weighted by Gasteiger charge is 2.25. The van der Waals surface area contributed by atoms with Crippen LogP contribution in [0.3, 0.4) is 0 Å². The zero-order chi connectivity index (χ0) is 14.7. The van der Waals surface area contributed by atoms with Crippen LogP contribution in [0.25, 0.3) is 0 Å². The van der Waals surface area contributed by atoms with Gasteiger partial charge in [-0.1, -0.05) is 11.3 Å². The van der Waals surface area contributed by atoms with Gasteiger partial charge in [-0.05, 0) is 39.9 Å². The van der Waals surface area contributed by atoms with Crippen LogP contribution in [0.5, 0.6) is 0 Å². The largest absolute Gasteiger partial charge is 0.382 e. The minimum atomic E-state index is -0.0393. The van der Waals surface area contributed by atoms with Crippen molar-refractivity contribution in [2.45, 2.75) is 25.3 Å². The van der Waals surface area contributed by atoms with Crippen LogP contribution < -0.4 is 11.1 Å². The van der Waals surface area contributed by atoms with Gasteiger partial charge in [-0.2, -0.15) is 0 Å². The Morgan fingerprint density at radius 3 is 2.70 bits per heavy atom. The van der Waals surface area contributed by atoms with Crippen molar-refractivity contribution in [3.05, 3.63) is 4.88 Å². The van der Waals surface area contributed by atoms with E-state index in [1.54, 1.807) is 4.90 Å². The van der Waals surface area contributed by atoms with Gasteiger partial charge in [0.2, 0.25) is 0 Å². The van der Waals surface area contributed by atoms with Crippen molar-refractivity contribution in [2.24, 2.45) is 0 Å². The Morgan fingerprint density at radius 1 is 1.40 bits per heavy atom. The number of nitrogens with zero attached hydrogens (tertiary/aromatic N) is 3. The molecule has 112 valence electrons. The lowest BCUT2D eigenvalue weighted by molar-refractivity contribution is 0.0796. The molecule has 1 amide bonds. The van der Waals surface area contributed by atoms with Gasteiger partial charge in [-0.15, -0.1) is 0 Å². The molecule has 2 rings (SSSR count). The summed E-state index contributed by atoms with van der Waals surface area (Å²) in [4.78, 5) is 20.9. The Bertz CT molecular complexity index is 469. The predicted molar refractivity (Wildman–Crippen MR) is 83.3 cm³/mol. The fraction of sp³-hybridized carbons (Fsp3) is 0.692. The molecule has 0 aliphatic heterocycles. The first-order chi connectivity index (χ1) is 9.47. The summed E-state index contributed by atoms with van der Waals surface area (Å²) in [5, 5.41) is 4.04. The maximum Gasteiger partial charge on any atom is 0.267 e. The van der Waals surface area contributed by atoms with E-state index in [0.717, 1.165) is 24.6 Å². The SMILES string of the molecule is CN(C)CCCN(C)C(=O)c1sc(NC2CC2)nc1N. The van der Waals surface area contributed by atoms with Crippen molar-refractivity contribution in [3.63, 3.8) is 0 Å². The number of rotatable bonds is 7. The number of aromatic nitrogens is 1. The number of nitrogens with one attached hydrogen (secondary N) is 1. The van der Waals surface area contributed by atoms with E-state index in [-0.39, 0.29) is 5.91 Å². The van der Waals surface area contributed by atoms with Gasteiger partial charge in [0.15, 0.2) is 5.13 Å². The molecule has 1 aliphatic carbocycles. The molecule has 1 fully saturated rings. The van der Waals surface area contributed by atoms with Crippen molar-refractivity contribution in [1.82, 2.24) is 14.8 Å². The normalized spacial score (nSPS) is 14.6. The third kappa shape index (κ3) is 4.08. The Balaban J connectivity index is 1.91. The van der Waals surface area contributed by atoms with E-state index in [1.165, 1.54) is 24.2 Å². The molecular weight excluding hydrogens is 274 g/mol. The maximum atomic E-state index is 12.3. The van der Waals surface area contributed by atoms with Crippen molar-refractivity contribution in [1.29, 1.82) is 0 Å². The van der Waals surface area contributed by atoms with Gasteiger partial charge in [0.1, 0.15) is 10.7 Å². The van der Waals surface area contributed by atoms with E-state index < -0.39 is 0 Å². The predicted octanol–water partition coefficient (Wildman–Crippen LogP) is 1.32. The van der Waals surface area contributed by atoms with Crippen LogP contribution in [0, 0.1) is 0 Å². The van der Waals surface area contributed by atoms with E-state index in [1.807, 2.05) is 21.1 Å². The zero-order valence-electron chi connectivity index (χ0n) is 12.3. The Hall–Kier alpha value is -1.34. The number of amides is 1. The number of anilines is 2. The molecule has 0 unspecified atom stereocenters. The first-order valence-corrected chi connectivity index (χ1v) is 7.72. The van der Waals surface area contributed by atoms with Crippen LogP contribution in [0.15, 0.2) is 0 Å². The number of hydrogen-bond donors (Lipinski definition) is 2. The fourth-order valence-corrected chi connectivity index (χ4v) is 2.80. The van der Waals surface area contributed by atoms with E-state index in [9.17, 15) is 4.79 Å². The Labute approximate surface area is 124 Å². The van der Waals surface area contributed by atoms with Gasteiger partial charge in [-0.25, -0.2) is 4.98 Å². The van der Waals surface area contributed by atoms with Gasteiger partial charge in [-0.3, -0.25) is 4.79 Å². The second-order valence-electron chi connectivity index (χ2n) is 5.54. The first kappa shape index (κ1) is 15.1. The molecule has 1 aromatic heterocycles. The average molecular weight is 297 g/mol. The lowest BCUT2D eigenvalue weighted by Gasteiger charge is -2.17. The monoisotopic (exact) mass is 297 g/mol. The summed E-state index contributed by atoms with van der Waals surface area (Å²) in [5.41, 5.74) is 5.86. The Morgan fingerprint density at radius 2 is 2.10 bits per heavy atom. The molecule has 20 heavy (non-hydrogen) atoms. The summed E-state index contributed by atoms with van der Waals surface area (Å²) >= 11 is 1.36. The minimum absolute atomic E-state index is 0.0393. The van der Waals surface area contributed by atoms with Crippen molar-refractivity contribution < 1.29 is 4.79 Å². The highest BCUT2D eigenvalue weighted by atomic mass is 32.1. The summed E-state index contributed by atoms with van der Waals surface area (Å²) < 4.78 is 0. The van der Waals surface area contributed by atoms with Gasteiger partial charge in [0.05, 0.1) is 0 Å². The standard InChI is InChI=1S/C13H23N5OS/c1-17(2)7-4-8-18(3)12(19)10-11(14)16-13(20-10)15-9-5-6-9/h9H,4-8,14H2,1-3H3,(H,15,16). The third-order valence-electron chi connectivity index (χ3n) is 3.20. The molecule has 1 aromatic rings. The van der Waals surface area contributed by atoms with Crippen molar-refractivity contribution >= 4 is 28.2 Å². The number of nitrogen functional groups attached to an aromatic ring is 1. The van der Waals surface area contributed by atoms with Gasteiger partial charge in [0.25, 0.3) is 5.91 Å². The number of carbonyl (C=O) groups excluding carboxylic acids is 1. The molecule has 0 radical (unpaired) electrons. The molecule has 0 saturated heterocycles. The topological polar surface area (TPSA) is 74.5 Å². The van der Waals surface area contributed by atoms with E-state index >= 15 is 0 Å². The van der Waals surface area contributed by atoms with Crippen LogP contribution in [0.2, 0.25) is 0 Å². The second-order valence-corrected chi connectivity index (χ2v) is 6.53. The Kier molecular flexibility index (Phi) is 4.82. The number of hydrogen-bond acceptors (Lipinski definition) is 6. The van der Waals surface area contributed by atoms with Gasteiger partial charge < -0.3 is 20.9 Å². The minimum Gasteiger partial charge on any atom is -0.382 e. The third-order valence-corrected chi connectivity index (χ3v) is 4.19. The van der Waals surface area contributed by atoms with Crippen LogP contribution in [0.4, 0.5) is 10.9 Å². The number of carbonyl (C=O) groups is 1. The van der Waals surface area contributed by atoms with E-state index in [4.69, 9.17) is 5.73 Å². The molecule has 0 atom stereocenters. The quantitative estimate of drug-likeness (QED) is 0.794. The highest BCUT2D eigenvalue weighted by molar-refractivity contribution is 7.18. The molecular formula is C13H23N5OS. The van der Waals surface area contributed by atoms with Crippen LogP contribution >= 0.6 is 11.3 Å². The fourth-order valence-electron chi connectivity index (χ4n) is 1.85. The van der Waals surface area contributed by atoms with Crippen LogP contribution in [-0.2, 0) is 0 Å². The first-order valence-electron chi connectivity index (χ1n) is 6.90. The molecule has 0 aromatic carbocycles. The second kappa shape index (κ2) is 6.41. The summed E-state index contributed by atoms with van der Waals surface area (Å²) in [5.74, 6) is 0.296. The average Bonchev–Trinajstić information content (AvgIpc) is 3.10. The molecule has 0 bridgehead atoms. The van der Waals surface area contributed by atoms with Crippen molar-refractivity contribution in [3.8, 4) is 0 Å². The molecule has 6 nitrogen and oxygen atoms in total. The van der Waals surface area contributed by atoms with E-state index in [2.05, 4.69) is 15.2 Å². The summed E-state index contributed by atoms with van der Waals surface area (Å²) in [6.45, 7) is 1.68. The van der Waals surface area contributed by atoms with E-state index in [0.29, 0.717) is 16.7 Å². The molecule has 7 heteroatoms. The zero-order valence-corrected chi connectivity index (χ0v) is 13.2. The summed E-state index contributed by atoms with van der Waals surface area (Å²) in [7, 11) is 5.86. The number of thiazole rings is 1. The highest BCUT2D eigenvalue weighted by Crippen LogP contribution is 2.31. The molecule has 1 aliphatic rings. The number of nitrogens with two attached hydrogens (primary N) is 1. The summed E-state index contributed by atoms with van der Waals surface area (Å²) in [6, 6.07) is 0.515. The van der Waals surface area contributed by atoms with Gasteiger partial charge in [0, 0.05) is 19.6 Å². The lowest BCUT2D eigenvalue weighted by Crippen LogP contribution is -2.29. The van der Waals surface area contributed by atoms with Crippen LogP contribution in [-0.4, -0.2) is 61.0 Å². The lowest BCUT2D eigenvalue weighted by atomic mass is 10.3. The molecule has 1 heterocycles. The maximum absolute atomic E-state index is 12.3. The van der Waals surface area contributed by atoms with Crippen molar-refractivity contribution in [2.75, 3.05) is 45.3 Å². The van der Waals surface area contributed by atoms with Crippen LogP contribution in [0.1, 0.15) is 28.9 Å². The smallest absolute Gasteiger partial charge is 0.267 e.